The van der Waals surface area contributed by atoms with E-state index in [1.54, 1.807) is 22.5 Å². The van der Waals surface area contributed by atoms with Crippen LogP contribution in [-0.4, -0.2) is 134 Å². The summed E-state index contributed by atoms with van der Waals surface area (Å²) in [7, 11) is 0. The van der Waals surface area contributed by atoms with Crippen molar-refractivity contribution in [1.29, 1.82) is 0 Å². The Morgan fingerprint density at radius 3 is 1.45 bits per heavy atom. The van der Waals surface area contributed by atoms with E-state index in [9.17, 15) is 0 Å². The van der Waals surface area contributed by atoms with E-state index in [0.29, 0.717) is 12.1 Å². The normalized spacial score (nSPS) is 30.5. The van der Waals surface area contributed by atoms with Crippen molar-refractivity contribution in [2.24, 2.45) is 11.8 Å². The second kappa shape index (κ2) is 15.8. The third kappa shape index (κ3) is 6.47. The third-order valence-electron chi connectivity index (χ3n) is 14.9. The summed E-state index contributed by atoms with van der Waals surface area (Å²) < 4.78 is 29.3. The lowest BCUT2D eigenvalue weighted by Gasteiger charge is -2.49. The molecular weight excluding hydrogens is 701 g/mol. The van der Waals surface area contributed by atoms with Gasteiger partial charge in [-0.3, -0.25) is 19.6 Å². The van der Waals surface area contributed by atoms with Gasteiger partial charge in [-0.05, 0) is 99.6 Å². The molecule has 0 radical (unpaired) electrons. The van der Waals surface area contributed by atoms with Crippen LogP contribution in [0, 0.1) is 11.8 Å². The average Bonchev–Trinajstić information content (AvgIpc) is 3.78. The number of para-hydroxylation sites is 2. The quantitative estimate of drug-likeness (QED) is 0.205. The molecule has 4 fully saturated rings. The van der Waals surface area contributed by atoms with Crippen LogP contribution in [0.1, 0.15) is 85.6 Å². The molecule has 0 spiro atoms. The highest BCUT2D eigenvalue weighted by Gasteiger charge is 2.47. The fraction of sp³-hybridized carbons (Fsp3) is 0.652. The van der Waals surface area contributed by atoms with Crippen molar-refractivity contribution < 1.29 is 18.9 Å². The summed E-state index contributed by atoms with van der Waals surface area (Å²) in [6.07, 6.45) is 10.5. The maximum absolute atomic E-state index is 6.60. The van der Waals surface area contributed by atoms with Crippen LogP contribution < -0.4 is 0 Å². The second-order valence-corrected chi connectivity index (χ2v) is 17.8. The lowest BCUT2D eigenvalue weighted by Crippen LogP contribution is -2.47. The molecule has 0 amide bonds. The molecule has 4 aromatic rings. The molecule has 8 aliphatic heterocycles. The lowest BCUT2D eigenvalue weighted by atomic mass is 9.78. The molecule has 0 saturated carbocycles. The standard InChI is InChI=1S/2C23H31N3O2/c2*1-2-6-20-18(5-1)19-7-9-25-8-3-4-17-16-21(26(20)23(19)22(17)25)28-15-12-24-10-13-27-14-11-24/h2*1-2,5-6,17,21-22H,3-4,7-16H2/t2*17-,21+,22+/m10/s1. The van der Waals surface area contributed by atoms with E-state index in [4.69, 9.17) is 18.9 Å². The number of aromatic nitrogens is 2. The predicted octanol–water partition coefficient (Wildman–Crippen LogP) is 6.40. The molecule has 0 aliphatic carbocycles. The van der Waals surface area contributed by atoms with Gasteiger partial charge in [0.05, 0.1) is 62.8 Å². The molecule has 2 aromatic carbocycles. The number of ether oxygens (including phenoxy) is 4. The third-order valence-corrected chi connectivity index (χ3v) is 14.9. The molecule has 10 heterocycles. The van der Waals surface area contributed by atoms with Crippen LogP contribution in [0.15, 0.2) is 48.5 Å². The first-order valence-electron chi connectivity index (χ1n) is 22.3. The second-order valence-electron chi connectivity index (χ2n) is 17.8. The Kier molecular flexibility index (Phi) is 10.2. The van der Waals surface area contributed by atoms with Crippen molar-refractivity contribution >= 4 is 21.8 Å². The van der Waals surface area contributed by atoms with Crippen molar-refractivity contribution in [3.8, 4) is 0 Å². The Bertz CT molecular complexity index is 1860. The van der Waals surface area contributed by atoms with E-state index in [-0.39, 0.29) is 12.5 Å². The Hall–Kier alpha value is -2.80. The number of piperidine rings is 2. The van der Waals surface area contributed by atoms with Gasteiger partial charge in [0.15, 0.2) is 0 Å². The van der Waals surface area contributed by atoms with Gasteiger partial charge in [0.2, 0.25) is 0 Å². The van der Waals surface area contributed by atoms with Crippen LogP contribution in [0.5, 0.6) is 0 Å². The van der Waals surface area contributed by atoms with Crippen LogP contribution in [0.2, 0.25) is 0 Å². The van der Waals surface area contributed by atoms with Gasteiger partial charge in [0, 0.05) is 74.5 Å². The number of fused-ring (bicyclic) bond motifs is 6. The highest BCUT2D eigenvalue weighted by Crippen LogP contribution is 2.53. The Balaban J connectivity index is 0.000000130. The maximum atomic E-state index is 6.60. The minimum Gasteiger partial charge on any atom is -0.379 e. The summed E-state index contributed by atoms with van der Waals surface area (Å²) in [4.78, 5) is 10.5. The number of nitrogens with zero attached hydrogens (tertiary/aromatic N) is 6. The van der Waals surface area contributed by atoms with Crippen LogP contribution >= 0.6 is 0 Å². The molecule has 0 N–H and O–H groups in total. The summed E-state index contributed by atoms with van der Waals surface area (Å²) in [6.45, 7) is 16.2. The van der Waals surface area contributed by atoms with Crippen LogP contribution in [0.25, 0.3) is 21.8 Å². The van der Waals surface area contributed by atoms with E-state index < -0.39 is 0 Å². The van der Waals surface area contributed by atoms with E-state index in [2.05, 4.69) is 77.3 Å². The van der Waals surface area contributed by atoms with Crippen molar-refractivity contribution in [2.75, 3.05) is 105 Å². The first-order valence-corrected chi connectivity index (χ1v) is 22.3. The van der Waals surface area contributed by atoms with E-state index in [0.717, 1.165) is 104 Å². The molecule has 10 nitrogen and oxygen atoms in total. The largest absolute Gasteiger partial charge is 0.379 e. The van der Waals surface area contributed by atoms with Gasteiger partial charge in [-0.15, -0.1) is 0 Å². The fourth-order valence-corrected chi connectivity index (χ4v) is 12.4. The molecule has 10 heteroatoms. The van der Waals surface area contributed by atoms with Gasteiger partial charge in [-0.25, -0.2) is 0 Å². The molecule has 12 rings (SSSR count). The molecule has 300 valence electrons. The minimum atomic E-state index is 0.189. The summed E-state index contributed by atoms with van der Waals surface area (Å²) >= 11 is 0. The number of hydrogen-bond donors (Lipinski definition) is 0. The van der Waals surface area contributed by atoms with Crippen LogP contribution in [0.3, 0.4) is 0 Å². The molecule has 8 aliphatic rings. The maximum Gasteiger partial charge on any atom is 0.134 e. The smallest absolute Gasteiger partial charge is 0.134 e. The monoisotopic (exact) mass is 762 g/mol. The van der Waals surface area contributed by atoms with Crippen LogP contribution in [-0.2, 0) is 31.8 Å². The summed E-state index contributed by atoms with van der Waals surface area (Å²) in [5.41, 5.74) is 9.14. The molecule has 56 heavy (non-hydrogen) atoms. The summed E-state index contributed by atoms with van der Waals surface area (Å²) in [5.74, 6) is 1.50. The van der Waals surface area contributed by atoms with E-state index in [1.807, 2.05) is 0 Å². The van der Waals surface area contributed by atoms with Gasteiger partial charge in [0.25, 0.3) is 0 Å². The van der Waals surface area contributed by atoms with Gasteiger partial charge in [-0.1, -0.05) is 36.4 Å². The number of benzene rings is 2. The van der Waals surface area contributed by atoms with Gasteiger partial charge in [-0.2, -0.15) is 0 Å². The molecule has 4 saturated heterocycles. The molecule has 6 atom stereocenters. The minimum absolute atomic E-state index is 0.189. The number of rotatable bonds is 8. The Morgan fingerprint density at radius 1 is 0.536 bits per heavy atom. The van der Waals surface area contributed by atoms with E-state index >= 15 is 0 Å². The average molecular weight is 763 g/mol. The first kappa shape index (κ1) is 36.3. The van der Waals surface area contributed by atoms with Crippen molar-refractivity contribution in [3.05, 3.63) is 71.0 Å². The first-order chi connectivity index (χ1) is 27.8. The topological polar surface area (TPSA) is 59.7 Å². The lowest BCUT2D eigenvalue weighted by molar-refractivity contribution is -0.0683. The number of morpholine rings is 2. The molecule has 2 aromatic heterocycles. The molecule has 0 unspecified atom stereocenters. The molecular formula is C46H62N6O4. The Morgan fingerprint density at radius 2 is 0.982 bits per heavy atom. The highest BCUT2D eigenvalue weighted by atomic mass is 16.5. The SMILES string of the molecule is c1ccc2c(c1)c1c3n2[C@@H](OCCN2CCOCC2)C[C@H]2CCCN(CC1)[C@H]32.c1ccc2c(c1)c1c3n2[C@H](OCCN2CCOCC2)C[C@@H]2CCCN(CC1)[C@@H]32. The zero-order chi connectivity index (χ0) is 37.0. The van der Waals surface area contributed by atoms with Gasteiger partial charge >= 0.3 is 0 Å². The Labute approximate surface area is 332 Å². The molecule has 0 bridgehead atoms. The fourth-order valence-electron chi connectivity index (χ4n) is 12.4. The zero-order valence-corrected chi connectivity index (χ0v) is 33.4. The summed E-state index contributed by atoms with van der Waals surface area (Å²) in [6, 6.07) is 19.3. The van der Waals surface area contributed by atoms with Gasteiger partial charge < -0.3 is 28.1 Å². The predicted molar refractivity (Wildman–Crippen MR) is 219 cm³/mol. The highest BCUT2D eigenvalue weighted by molar-refractivity contribution is 5.87. The van der Waals surface area contributed by atoms with Gasteiger partial charge in [0.1, 0.15) is 12.5 Å². The van der Waals surface area contributed by atoms with E-state index in [1.165, 1.54) is 86.5 Å². The van der Waals surface area contributed by atoms with Crippen molar-refractivity contribution in [1.82, 2.24) is 28.7 Å². The van der Waals surface area contributed by atoms with Crippen molar-refractivity contribution in [3.63, 3.8) is 0 Å². The zero-order valence-electron chi connectivity index (χ0n) is 33.4. The van der Waals surface area contributed by atoms with Crippen LogP contribution in [0.4, 0.5) is 0 Å². The summed E-state index contributed by atoms with van der Waals surface area (Å²) in [5, 5.41) is 2.93. The van der Waals surface area contributed by atoms with Crippen molar-refractivity contribution in [2.45, 2.75) is 75.9 Å². The number of hydrogen-bond acceptors (Lipinski definition) is 8.